The third-order valence-electron chi connectivity index (χ3n) is 3.51. The largest absolute Gasteiger partial charge is 0.310 e. The molecule has 2 rings (SSSR count). The van der Waals surface area contributed by atoms with Gasteiger partial charge in [-0.15, -0.1) is 0 Å². The van der Waals surface area contributed by atoms with Crippen LogP contribution < -0.4 is 10.2 Å². The molecular weight excluding hydrogens is 243 g/mol. The van der Waals surface area contributed by atoms with Crippen molar-refractivity contribution in [3.8, 4) is 0 Å². The van der Waals surface area contributed by atoms with E-state index in [1.54, 1.807) is 17.0 Å². The minimum atomic E-state index is -0.500. The second-order valence-electron chi connectivity index (χ2n) is 6.49. The van der Waals surface area contributed by atoms with Gasteiger partial charge in [0.2, 0.25) is 5.91 Å². The van der Waals surface area contributed by atoms with E-state index < -0.39 is 5.41 Å². The quantitative estimate of drug-likeness (QED) is 0.845. The van der Waals surface area contributed by atoms with Crippen molar-refractivity contribution in [1.29, 1.82) is 0 Å². The van der Waals surface area contributed by atoms with Crippen molar-refractivity contribution >= 4 is 11.6 Å². The summed E-state index contributed by atoms with van der Waals surface area (Å²) < 4.78 is 13.4. The molecule has 1 amide bonds. The van der Waals surface area contributed by atoms with E-state index in [-0.39, 0.29) is 17.3 Å². The van der Waals surface area contributed by atoms with Gasteiger partial charge in [0.15, 0.2) is 0 Å². The third-order valence-corrected chi connectivity index (χ3v) is 3.51. The number of anilines is 1. The zero-order valence-electron chi connectivity index (χ0n) is 12.0. The summed E-state index contributed by atoms with van der Waals surface area (Å²) >= 11 is 0. The van der Waals surface area contributed by atoms with Crippen LogP contribution in [0.4, 0.5) is 10.1 Å². The first-order valence-electron chi connectivity index (χ1n) is 6.54. The van der Waals surface area contributed by atoms with Crippen LogP contribution in [0.15, 0.2) is 24.3 Å². The SMILES string of the molecule is CC1(C)CN(c2cccc(F)c2)C(=O)C(C)(C)CN1. The molecule has 0 spiro atoms. The van der Waals surface area contributed by atoms with Crippen LogP contribution in [-0.2, 0) is 4.79 Å². The average Bonchev–Trinajstić information content (AvgIpc) is 2.40. The van der Waals surface area contributed by atoms with Gasteiger partial charge in [-0.1, -0.05) is 6.07 Å². The van der Waals surface area contributed by atoms with Crippen LogP contribution in [-0.4, -0.2) is 24.5 Å². The number of hydrogen-bond acceptors (Lipinski definition) is 2. The number of halogens is 1. The number of carbonyl (C=O) groups is 1. The van der Waals surface area contributed by atoms with Gasteiger partial charge in [-0.25, -0.2) is 4.39 Å². The lowest BCUT2D eigenvalue weighted by atomic mass is 9.91. The van der Waals surface area contributed by atoms with E-state index in [9.17, 15) is 9.18 Å². The van der Waals surface area contributed by atoms with Gasteiger partial charge in [-0.2, -0.15) is 0 Å². The molecule has 1 N–H and O–H groups in total. The Hall–Kier alpha value is -1.42. The van der Waals surface area contributed by atoms with Crippen molar-refractivity contribution in [2.75, 3.05) is 18.0 Å². The molecule has 4 heteroatoms. The van der Waals surface area contributed by atoms with Gasteiger partial charge in [0.1, 0.15) is 5.82 Å². The number of carbonyl (C=O) groups excluding carboxylic acids is 1. The summed E-state index contributed by atoms with van der Waals surface area (Å²) in [5, 5.41) is 3.40. The summed E-state index contributed by atoms with van der Waals surface area (Å²) in [5.41, 5.74) is -0.0783. The fourth-order valence-electron chi connectivity index (χ4n) is 2.28. The van der Waals surface area contributed by atoms with E-state index in [1.165, 1.54) is 12.1 Å². The van der Waals surface area contributed by atoms with Crippen LogP contribution >= 0.6 is 0 Å². The maximum atomic E-state index is 13.4. The number of nitrogens with one attached hydrogen (secondary N) is 1. The van der Waals surface area contributed by atoms with Crippen LogP contribution in [0.1, 0.15) is 27.7 Å². The Morgan fingerprint density at radius 2 is 1.95 bits per heavy atom. The van der Waals surface area contributed by atoms with E-state index >= 15 is 0 Å². The highest BCUT2D eigenvalue weighted by atomic mass is 19.1. The van der Waals surface area contributed by atoms with Gasteiger partial charge < -0.3 is 10.2 Å². The van der Waals surface area contributed by atoms with Gasteiger partial charge in [0, 0.05) is 24.3 Å². The Morgan fingerprint density at radius 1 is 1.26 bits per heavy atom. The van der Waals surface area contributed by atoms with Crippen LogP contribution in [0.25, 0.3) is 0 Å². The van der Waals surface area contributed by atoms with Crippen LogP contribution in [0, 0.1) is 11.2 Å². The van der Waals surface area contributed by atoms with Gasteiger partial charge in [0.25, 0.3) is 0 Å². The molecule has 3 nitrogen and oxygen atoms in total. The molecule has 1 aliphatic rings. The first kappa shape index (κ1) is 14.0. The summed E-state index contributed by atoms with van der Waals surface area (Å²) in [7, 11) is 0. The molecule has 1 heterocycles. The van der Waals surface area contributed by atoms with Gasteiger partial charge >= 0.3 is 0 Å². The molecule has 1 saturated heterocycles. The lowest BCUT2D eigenvalue weighted by Crippen LogP contribution is -2.47. The molecule has 1 aromatic carbocycles. The van der Waals surface area contributed by atoms with E-state index in [4.69, 9.17) is 0 Å². The zero-order valence-corrected chi connectivity index (χ0v) is 12.0. The number of benzene rings is 1. The van der Waals surface area contributed by atoms with Crippen molar-refractivity contribution in [2.45, 2.75) is 33.2 Å². The van der Waals surface area contributed by atoms with Gasteiger partial charge in [-0.3, -0.25) is 4.79 Å². The molecule has 0 bridgehead atoms. The Morgan fingerprint density at radius 3 is 2.58 bits per heavy atom. The summed E-state index contributed by atoms with van der Waals surface area (Å²) in [5.74, 6) is -0.297. The smallest absolute Gasteiger partial charge is 0.233 e. The van der Waals surface area contributed by atoms with Crippen LogP contribution in [0.3, 0.4) is 0 Å². The second kappa shape index (κ2) is 4.60. The van der Waals surface area contributed by atoms with Crippen molar-refractivity contribution in [3.63, 3.8) is 0 Å². The summed E-state index contributed by atoms with van der Waals surface area (Å²) in [6.45, 7) is 9.07. The highest BCUT2D eigenvalue weighted by Crippen LogP contribution is 2.28. The highest BCUT2D eigenvalue weighted by molar-refractivity contribution is 5.97. The van der Waals surface area contributed by atoms with Crippen molar-refractivity contribution in [2.24, 2.45) is 5.41 Å². The average molecular weight is 264 g/mol. The maximum Gasteiger partial charge on any atom is 0.233 e. The minimum Gasteiger partial charge on any atom is -0.310 e. The predicted molar refractivity (Wildman–Crippen MR) is 74.6 cm³/mol. The van der Waals surface area contributed by atoms with E-state index in [2.05, 4.69) is 5.32 Å². The Labute approximate surface area is 113 Å². The molecule has 0 saturated carbocycles. The summed E-state index contributed by atoms with van der Waals surface area (Å²) in [4.78, 5) is 14.3. The topological polar surface area (TPSA) is 32.3 Å². The zero-order chi connectivity index (χ0) is 14.3. The molecule has 0 unspecified atom stereocenters. The fourth-order valence-corrected chi connectivity index (χ4v) is 2.28. The Kier molecular flexibility index (Phi) is 3.39. The molecule has 0 aromatic heterocycles. The normalized spacial score (nSPS) is 22.2. The lowest BCUT2D eigenvalue weighted by molar-refractivity contribution is -0.125. The van der Waals surface area contributed by atoms with Crippen molar-refractivity contribution in [1.82, 2.24) is 5.32 Å². The first-order valence-corrected chi connectivity index (χ1v) is 6.54. The number of hydrogen-bond donors (Lipinski definition) is 1. The predicted octanol–water partition coefficient (Wildman–Crippen LogP) is 2.57. The standard InChI is InChI=1S/C15H21FN2O/c1-14(2)9-17-15(3,4)10-18(13(14)19)12-7-5-6-11(16)8-12/h5-8,17H,9-10H2,1-4H3. The molecule has 19 heavy (non-hydrogen) atoms. The molecule has 0 atom stereocenters. The maximum absolute atomic E-state index is 13.4. The minimum absolute atomic E-state index is 0.0242. The molecule has 1 aromatic rings. The summed E-state index contributed by atoms with van der Waals surface area (Å²) in [6, 6.07) is 6.21. The number of nitrogens with zero attached hydrogens (tertiary/aromatic N) is 1. The van der Waals surface area contributed by atoms with Crippen molar-refractivity contribution < 1.29 is 9.18 Å². The second-order valence-corrected chi connectivity index (χ2v) is 6.49. The van der Waals surface area contributed by atoms with Gasteiger partial charge in [0.05, 0.1) is 5.41 Å². The number of rotatable bonds is 1. The monoisotopic (exact) mass is 264 g/mol. The fraction of sp³-hybridized carbons (Fsp3) is 0.533. The molecule has 104 valence electrons. The lowest BCUT2D eigenvalue weighted by Gasteiger charge is -2.31. The van der Waals surface area contributed by atoms with Crippen LogP contribution in [0.2, 0.25) is 0 Å². The van der Waals surface area contributed by atoms with E-state index in [0.717, 1.165) is 0 Å². The van der Waals surface area contributed by atoms with Crippen LogP contribution in [0.5, 0.6) is 0 Å². The van der Waals surface area contributed by atoms with E-state index in [0.29, 0.717) is 18.8 Å². The number of amides is 1. The Balaban J connectivity index is 2.43. The van der Waals surface area contributed by atoms with Crippen molar-refractivity contribution in [3.05, 3.63) is 30.1 Å². The Bertz CT molecular complexity index is 497. The molecule has 0 aliphatic carbocycles. The molecule has 0 radical (unpaired) electrons. The highest BCUT2D eigenvalue weighted by Gasteiger charge is 2.39. The molecule has 1 fully saturated rings. The summed E-state index contributed by atoms with van der Waals surface area (Å²) in [6.07, 6.45) is 0. The van der Waals surface area contributed by atoms with E-state index in [1.807, 2.05) is 27.7 Å². The molecule has 1 aliphatic heterocycles. The first-order chi connectivity index (χ1) is 8.71. The van der Waals surface area contributed by atoms with Gasteiger partial charge in [-0.05, 0) is 45.9 Å². The third kappa shape index (κ3) is 2.95. The molecular formula is C15H21FN2O.